The highest BCUT2D eigenvalue weighted by Gasteiger charge is 2.25. The third kappa shape index (κ3) is 4.86. The van der Waals surface area contributed by atoms with E-state index in [-0.39, 0.29) is 5.78 Å². The van der Waals surface area contributed by atoms with Crippen LogP contribution in [0.3, 0.4) is 0 Å². The number of carbonyl (C=O) groups is 1. The molecule has 178 valence electrons. The molecule has 0 atom stereocenters. The van der Waals surface area contributed by atoms with Gasteiger partial charge in [-0.15, -0.1) is 0 Å². The molecule has 1 aliphatic rings. The van der Waals surface area contributed by atoms with E-state index in [4.69, 9.17) is 30.5 Å². The third-order valence-electron chi connectivity index (χ3n) is 5.73. The number of nitrogens with zero attached hydrogens (tertiary/aromatic N) is 2. The Morgan fingerprint density at radius 1 is 0.971 bits per heavy atom. The van der Waals surface area contributed by atoms with Gasteiger partial charge in [0.25, 0.3) is 0 Å². The lowest BCUT2D eigenvalue weighted by atomic mass is 10.0. The molecule has 7 nitrogen and oxygen atoms in total. The van der Waals surface area contributed by atoms with E-state index in [1.807, 2.05) is 49.4 Å². The van der Waals surface area contributed by atoms with Gasteiger partial charge in [-0.25, -0.2) is 9.97 Å². The zero-order chi connectivity index (χ0) is 24.4. The fraction of sp³-hybridized carbons (Fsp3) is 0.222. The Hall–Kier alpha value is -3.84. The van der Waals surface area contributed by atoms with E-state index in [2.05, 4.69) is 9.97 Å². The normalized spacial score (nSPS) is 12.4. The minimum atomic E-state index is 0.125. The van der Waals surface area contributed by atoms with Gasteiger partial charge < -0.3 is 18.9 Å². The van der Waals surface area contributed by atoms with Gasteiger partial charge in [-0.05, 0) is 41.8 Å². The number of ketones is 1. The lowest BCUT2D eigenvalue weighted by Crippen LogP contribution is -2.16. The molecule has 2 heterocycles. The average Bonchev–Trinajstić information content (AvgIpc) is 2.87. The summed E-state index contributed by atoms with van der Waals surface area (Å²) < 4.78 is 23.2. The van der Waals surface area contributed by atoms with Crippen molar-refractivity contribution in [2.75, 3.05) is 20.3 Å². The van der Waals surface area contributed by atoms with Crippen molar-refractivity contribution in [2.45, 2.75) is 19.8 Å². The second-order valence-corrected chi connectivity index (χ2v) is 8.64. The second kappa shape index (κ2) is 9.80. The number of halogens is 1. The Morgan fingerprint density at radius 2 is 1.69 bits per heavy atom. The van der Waals surface area contributed by atoms with Gasteiger partial charge in [-0.2, -0.15) is 0 Å². The van der Waals surface area contributed by atoms with Crippen LogP contribution in [0.2, 0.25) is 5.02 Å². The number of fused-ring (bicyclic) bond motifs is 3. The molecule has 0 fully saturated rings. The van der Waals surface area contributed by atoms with Crippen molar-refractivity contribution in [1.82, 2.24) is 9.97 Å². The van der Waals surface area contributed by atoms with Crippen molar-refractivity contribution in [3.8, 4) is 28.9 Å². The van der Waals surface area contributed by atoms with Crippen LogP contribution in [0.15, 0.2) is 54.9 Å². The fourth-order valence-electron chi connectivity index (χ4n) is 4.03. The molecule has 0 aliphatic carbocycles. The van der Waals surface area contributed by atoms with Gasteiger partial charge in [-0.1, -0.05) is 35.9 Å². The molecule has 0 saturated carbocycles. The van der Waals surface area contributed by atoms with Crippen molar-refractivity contribution < 1.29 is 23.7 Å². The summed E-state index contributed by atoms with van der Waals surface area (Å²) >= 11 is 6.08. The van der Waals surface area contributed by atoms with Gasteiger partial charge in [0.1, 0.15) is 36.5 Å². The van der Waals surface area contributed by atoms with Crippen LogP contribution in [0, 0.1) is 6.92 Å². The predicted molar refractivity (Wildman–Crippen MR) is 132 cm³/mol. The Bertz CT molecular complexity index is 1410. The maximum Gasteiger partial charge on any atom is 0.234 e. The third-order valence-corrected chi connectivity index (χ3v) is 6.15. The van der Waals surface area contributed by atoms with Crippen LogP contribution >= 0.6 is 11.6 Å². The highest BCUT2D eigenvalue weighted by Crippen LogP contribution is 2.47. The van der Waals surface area contributed by atoms with E-state index in [0.29, 0.717) is 70.9 Å². The molecular formula is C27H23ClN2O5. The second-order valence-electron chi connectivity index (χ2n) is 8.23. The zero-order valence-corrected chi connectivity index (χ0v) is 20.1. The molecule has 0 N–H and O–H groups in total. The van der Waals surface area contributed by atoms with Gasteiger partial charge in [0, 0.05) is 23.9 Å². The number of aryl methyl sites for hydroxylation is 1. The minimum Gasteiger partial charge on any atom is -0.493 e. The lowest BCUT2D eigenvalue weighted by Gasteiger charge is -2.22. The molecule has 1 aliphatic heterocycles. The topological polar surface area (TPSA) is 79.8 Å². The van der Waals surface area contributed by atoms with Gasteiger partial charge in [-0.3, -0.25) is 4.79 Å². The molecule has 35 heavy (non-hydrogen) atoms. The summed E-state index contributed by atoms with van der Waals surface area (Å²) in [6.07, 6.45) is 2.12. The summed E-state index contributed by atoms with van der Waals surface area (Å²) in [4.78, 5) is 21.2. The molecule has 0 amide bonds. The molecule has 1 aromatic heterocycles. The van der Waals surface area contributed by atoms with Crippen LogP contribution in [-0.2, 0) is 17.6 Å². The first-order valence-electron chi connectivity index (χ1n) is 11.2. The molecule has 0 saturated heterocycles. The molecule has 0 unspecified atom stereocenters. The van der Waals surface area contributed by atoms with Crippen LogP contribution in [0.1, 0.15) is 16.7 Å². The first-order chi connectivity index (χ1) is 17.0. The molecule has 0 radical (unpaired) electrons. The van der Waals surface area contributed by atoms with Crippen molar-refractivity contribution >= 4 is 28.3 Å². The Morgan fingerprint density at radius 3 is 2.43 bits per heavy atom. The molecule has 8 heteroatoms. The highest BCUT2D eigenvalue weighted by molar-refractivity contribution is 6.31. The van der Waals surface area contributed by atoms with Crippen molar-refractivity contribution in [2.24, 2.45) is 0 Å². The van der Waals surface area contributed by atoms with Crippen molar-refractivity contribution in [3.63, 3.8) is 0 Å². The summed E-state index contributed by atoms with van der Waals surface area (Å²) in [6, 6.07) is 14.8. The molecule has 5 rings (SSSR count). The van der Waals surface area contributed by atoms with Crippen LogP contribution in [0.4, 0.5) is 0 Å². The van der Waals surface area contributed by atoms with Crippen LogP contribution in [-0.4, -0.2) is 36.1 Å². The predicted octanol–water partition coefficient (Wildman–Crippen LogP) is 5.52. The van der Waals surface area contributed by atoms with E-state index >= 15 is 0 Å². The summed E-state index contributed by atoms with van der Waals surface area (Å²) in [6.45, 7) is 2.76. The van der Waals surface area contributed by atoms with Crippen molar-refractivity contribution in [3.05, 3.63) is 76.6 Å². The largest absolute Gasteiger partial charge is 0.493 e. The first-order valence-corrected chi connectivity index (χ1v) is 11.5. The van der Waals surface area contributed by atoms with Gasteiger partial charge in [0.05, 0.1) is 12.6 Å². The number of benzene rings is 3. The van der Waals surface area contributed by atoms with E-state index in [9.17, 15) is 4.79 Å². The van der Waals surface area contributed by atoms with Crippen LogP contribution < -0.4 is 18.9 Å². The Balaban J connectivity index is 1.33. The number of hydrogen-bond donors (Lipinski definition) is 0. The maximum atomic E-state index is 12.6. The van der Waals surface area contributed by atoms with Gasteiger partial charge in [0.2, 0.25) is 11.6 Å². The summed E-state index contributed by atoms with van der Waals surface area (Å²) in [5, 5.41) is 1.31. The van der Waals surface area contributed by atoms with E-state index in [1.54, 1.807) is 13.2 Å². The molecule has 0 bridgehead atoms. The van der Waals surface area contributed by atoms with Crippen LogP contribution in [0.5, 0.6) is 28.9 Å². The lowest BCUT2D eigenvalue weighted by molar-refractivity contribution is -0.117. The van der Waals surface area contributed by atoms with Crippen molar-refractivity contribution in [1.29, 1.82) is 0 Å². The molecule has 4 aromatic rings. The SMILES string of the molecule is COc1cc2ncnc(Oc3ccc(CC(=O)Cc4ccc(Cl)c(C)c4)cc3)c2c2c1OCCO2. The number of carbonyl (C=O) groups excluding carboxylic acids is 1. The van der Waals surface area contributed by atoms with E-state index < -0.39 is 0 Å². The molecule has 3 aromatic carbocycles. The average molecular weight is 491 g/mol. The number of rotatable bonds is 7. The molecular weight excluding hydrogens is 468 g/mol. The Labute approximate surface area is 207 Å². The number of hydrogen-bond acceptors (Lipinski definition) is 7. The summed E-state index contributed by atoms with van der Waals surface area (Å²) in [5.74, 6) is 2.60. The smallest absolute Gasteiger partial charge is 0.234 e. The number of aromatic nitrogens is 2. The number of Topliss-reactive ketones (excluding diaryl/α,β-unsaturated/α-hetero) is 1. The quantitative estimate of drug-likeness (QED) is 0.337. The van der Waals surface area contributed by atoms with E-state index in [1.165, 1.54) is 6.33 Å². The highest BCUT2D eigenvalue weighted by atomic mass is 35.5. The maximum absolute atomic E-state index is 12.6. The van der Waals surface area contributed by atoms with Gasteiger partial charge in [0.15, 0.2) is 11.5 Å². The zero-order valence-electron chi connectivity index (χ0n) is 19.3. The monoisotopic (exact) mass is 490 g/mol. The number of methoxy groups -OCH3 is 1. The first kappa shape index (κ1) is 22.9. The standard InChI is InChI=1S/C27H23ClN2O5/c1-16-11-18(5-8-21(16)28)13-19(31)12-17-3-6-20(7-4-17)35-27-24-22(29-15-30-27)14-23(32-2)25-26(24)34-10-9-33-25/h3-8,11,14-15H,9-10,12-13H2,1-2H3. The summed E-state index contributed by atoms with van der Waals surface area (Å²) in [7, 11) is 1.57. The fourth-order valence-corrected chi connectivity index (χ4v) is 4.15. The van der Waals surface area contributed by atoms with E-state index in [0.717, 1.165) is 16.7 Å². The minimum absolute atomic E-state index is 0.125. The number of ether oxygens (including phenoxy) is 4. The van der Waals surface area contributed by atoms with Crippen LogP contribution in [0.25, 0.3) is 10.9 Å². The molecule has 0 spiro atoms. The van der Waals surface area contributed by atoms with Gasteiger partial charge >= 0.3 is 0 Å². The summed E-state index contributed by atoms with van der Waals surface area (Å²) in [5.41, 5.74) is 3.45. The Kier molecular flexibility index (Phi) is 6.42.